The lowest BCUT2D eigenvalue weighted by molar-refractivity contribution is 0.593. The van der Waals surface area contributed by atoms with Gasteiger partial charge in [-0.25, -0.2) is 13.4 Å². The van der Waals surface area contributed by atoms with Crippen molar-refractivity contribution in [3.8, 4) is 6.07 Å². The fourth-order valence-electron chi connectivity index (χ4n) is 1.89. The quantitative estimate of drug-likeness (QED) is 0.848. The Morgan fingerprint density at radius 3 is 2.71 bits per heavy atom. The highest BCUT2D eigenvalue weighted by Gasteiger charge is 2.26. The van der Waals surface area contributed by atoms with Gasteiger partial charge in [0.1, 0.15) is 0 Å². The highest BCUT2D eigenvalue weighted by atomic mass is 32.2. The molecule has 1 aromatic carbocycles. The molecule has 0 aliphatic carbocycles. The molecule has 0 unspecified atom stereocenters. The van der Waals surface area contributed by atoms with Crippen LogP contribution in [0.2, 0.25) is 0 Å². The lowest BCUT2D eigenvalue weighted by Crippen LogP contribution is -2.31. The first-order valence-corrected chi connectivity index (χ1v) is 8.59. The van der Waals surface area contributed by atoms with Gasteiger partial charge < -0.3 is 0 Å². The molecule has 0 atom stereocenters. The number of hydrogen-bond acceptors (Lipinski definition) is 5. The minimum atomic E-state index is -3.68. The average molecular weight is 321 g/mol. The maximum Gasteiger partial charge on any atom is 0.275 e. The molecule has 1 aromatic heterocycles. The molecule has 0 aliphatic rings. The summed E-state index contributed by atoms with van der Waals surface area (Å²) in [6.45, 7) is 3.78. The third-order valence-corrected chi connectivity index (χ3v) is 6.04. The molecule has 7 heteroatoms. The van der Waals surface area contributed by atoms with Crippen LogP contribution >= 0.6 is 11.3 Å². The van der Waals surface area contributed by atoms with Gasteiger partial charge in [0.05, 0.1) is 29.4 Å². The van der Waals surface area contributed by atoms with Crippen LogP contribution in [0.3, 0.4) is 0 Å². The number of aryl methyl sites for hydroxylation is 2. The second-order valence-corrected chi connectivity index (χ2v) is 7.85. The van der Waals surface area contributed by atoms with Gasteiger partial charge in [0, 0.05) is 6.54 Å². The summed E-state index contributed by atoms with van der Waals surface area (Å²) < 4.78 is 27.0. The van der Waals surface area contributed by atoms with Crippen molar-refractivity contribution in [2.45, 2.75) is 24.5 Å². The van der Waals surface area contributed by atoms with Crippen LogP contribution in [0.1, 0.15) is 17.0 Å². The van der Waals surface area contributed by atoms with Crippen molar-refractivity contribution < 1.29 is 8.42 Å². The van der Waals surface area contributed by atoms with Gasteiger partial charge in [-0.3, -0.25) is 4.31 Å². The third-order valence-electron chi connectivity index (χ3n) is 2.86. The van der Waals surface area contributed by atoms with E-state index in [-0.39, 0.29) is 17.2 Å². The summed E-state index contributed by atoms with van der Waals surface area (Å²) in [6.07, 6.45) is 1.50. The molecule has 0 amide bonds. The van der Waals surface area contributed by atoms with Gasteiger partial charge in [0.25, 0.3) is 10.0 Å². The smallest absolute Gasteiger partial charge is 0.265 e. The van der Waals surface area contributed by atoms with Gasteiger partial charge in [-0.05, 0) is 31.5 Å². The maximum absolute atomic E-state index is 12.8. The molecule has 5 nitrogen and oxygen atoms in total. The van der Waals surface area contributed by atoms with Crippen LogP contribution in [0, 0.1) is 25.2 Å². The van der Waals surface area contributed by atoms with Crippen molar-refractivity contribution in [2.75, 3.05) is 10.8 Å². The molecule has 0 saturated carbocycles. The Labute approximate surface area is 128 Å². The SMILES string of the molecule is Cc1cccc(N(CCC#N)S(=O)(=O)c2cnc(C)s2)c1. The van der Waals surface area contributed by atoms with Crippen molar-refractivity contribution in [1.29, 1.82) is 5.26 Å². The Morgan fingerprint density at radius 2 is 2.14 bits per heavy atom. The molecule has 0 fully saturated rings. The van der Waals surface area contributed by atoms with Crippen molar-refractivity contribution in [3.63, 3.8) is 0 Å². The highest BCUT2D eigenvalue weighted by Crippen LogP contribution is 2.27. The van der Waals surface area contributed by atoms with Gasteiger partial charge in [-0.2, -0.15) is 5.26 Å². The topological polar surface area (TPSA) is 74.1 Å². The predicted octanol–water partition coefficient (Wildman–Crippen LogP) is 2.87. The third kappa shape index (κ3) is 3.40. The van der Waals surface area contributed by atoms with E-state index < -0.39 is 10.0 Å². The minimum Gasteiger partial charge on any atom is -0.265 e. The average Bonchev–Trinajstić information content (AvgIpc) is 2.86. The van der Waals surface area contributed by atoms with E-state index in [0.717, 1.165) is 16.9 Å². The second kappa shape index (κ2) is 6.24. The van der Waals surface area contributed by atoms with Crippen molar-refractivity contribution >= 4 is 27.0 Å². The van der Waals surface area contributed by atoms with E-state index in [2.05, 4.69) is 4.98 Å². The minimum absolute atomic E-state index is 0.124. The summed E-state index contributed by atoms with van der Waals surface area (Å²) in [5.41, 5.74) is 1.53. The molecule has 0 spiro atoms. The van der Waals surface area contributed by atoms with Gasteiger partial charge in [0.2, 0.25) is 0 Å². The lowest BCUT2D eigenvalue weighted by atomic mass is 10.2. The first-order valence-electron chi connectivity index (χ1n) is 6.34. The van der Waals surface area contributed by atoms with E-state index in [9.17, 15) is 8.42 Å². The van der Waals surface area contributed by atoms with Gasteiger partial charge in [-0.1, -0.05) is 12.1 Å². The summed E-state index contributed by atoms with van der Waals surface area (Å²) in [5.74, 6) is 0. The van der Waals surface area contributed by atoms with Gasteiger partial charge >= 0.3 is 0 Å². The Hall–Kier alpha value is -1.91. The number of benzene rings is 1. The fourth-order valence-corrected chi connectivity index (χ4v) is 4.57. The summed E-state index contributed by atoms with van der Waals surface area (Å²) in [6, 6.07) is 9.22. The molecule has 2 rings (SSSR count). The summed E-state index contributed by atoms with van der Waals surface area (Å²) in [4.78, 5) is 4.00. The zero-order valence-electron chi connectivity index (χ0n) is 11.8. The molecule has 21 heavy (non-hydrogen) atoms. The molecule has 2 aromatic rings. The van der Waals surface area contributed by atoms with E-state index in [4.69, 9.17) is 5.26 Å². The standard InChI is InChI=1S/C14H15N3O2S2/c1-11-5-3-6-13(9-11)17(8-4-7-15)21(18,19)14-10-16-12(2)20-14/h3,5-6,9-10H,4,8H2,1-2H3. The zero-order chi connectivity index (χ0) is 15.5. The van der Waals surface area contributed by atoms with E-state index >= 15 is 0 Å². The zero-order valence-corrected chi connectivity index (χ0v) is 13.4. The molecule has 0 bridgehead atoms. The lowest BCUT2D eigenvalue weighted by Gasteiger charge is -2.22. The Morgan fingerprint density at radius 1 is 1.38 bits per heavy atom. The second-order valence-electron chi connectivity index (χ2n) is 4.52. The van der Waals surface area contributed by atoms with Crippen LogP contribution in [0.5, 0.6) is 0 Å². The van der Waals surface area contributed by atoms with Crippen LogP contribution in [0.25, 0.3) is 0 Å². The number of aromatic nitrogens is 1. The molecule has 0 saturated heterocycles. The molecular weight excluding hydrogens is 306 g/mol. The molecule has 110 valence electrons. The Balaban J connectivity index is 2.47. The first-order chi connectivity index (χ1) is 9.95. The number of rotatable bonds is 5. The van der Waals surface area contributed by atoms with Crippen molar-refractivity contribution in [1.82, 2.24) is 4.98 Å². The van der Waals surface area contributed by atoms with Crippen molar-refractivity contribution in [3.05, 3.63) is 41.0 Å². The first kappa shape index (κ1) is 15.5. The molecule has 1 heterocycles. The van der Waals surface area contributed by atoms with E-state index in [0.29, 0.717) is 10.7 Å². The van der Waals surface area contributed by atoms with E-state index in [1.807, 2.05) is 19.1 Å². The Kier molecular flexibility index (Phi) is 4.60. The largest absolute Gasteiger partial charge is 0.275 e. The summed E-state index contributed by atoms with van der Waals surface area (Å²) >= 11 is 1.13. The van der Waals surface area contributed by atoms with Gasteiger partial charge in [0.15, 0.2) is 4.21 Å². The summed E-state index contributed by atoms with van der Waals surface area (Å²) in [5, 5.41) is 9.47. The van der Waals surface area contributed by atoms with Crippen LogP contribution in [0.15, 0.2) is 34.7 Å². The van der Waals surface area contributed by atoms with E-state index in [1.165, 1.54) is 10.5 Å². The molecular formula is C14H15N3O2S2. The predicted molar refractivity (Wildman–Crippen MR) is 82.8 cm³/mol. The number of hydrogen-bond donors (Lipinski definition) is 0. The fraction of sp³-hybridized carbons (Fsp3) is 0.286. The number of sulfonamides is 1. The summed E-state index contributed by atoms with van der Waals surface area (Å²) in [7, 11) is -3.68. The maximum atomic E-state index is 12.8. The number of thiazole rings is 1. The normalized spacial score (nSPS) is 11.1. The molecule has 0 aliphatic heterocycles. The Bertz CT molecular complexity index is 776. The van der Waals surface area contributed by atoms with Crippen LogP contribution in [0.4, 0.5) is 5.69 Å². The number of nitriles is 1. The molecule has 0 radical (unpaired) electrons. The van der Waals surface area contributed by atoms with Gasteiger partial charge in [-0.15, -0.1) is 11.3 Å². The number of nitrogens with zero attached hydrogens (tertiary/aromatic N) is 3. The van der Waals surface area contributed by atoms with E-state index in [1.54, 1.807) is 25.1 Å². The van der Waals surface area contributed by atoms with Crippen molar-refractivity contribution in [2.24, 2.45) is 0 Å². The molecule has 0 N–H and O–H groups in total. The van der Waals surface area contributed by atoms with Crippen LogP contribution in [-0.4, -0.2) is 19.9 Å². The van der Waals surface area contributed by atoms with Crippen LogP contribution in [-0.2, 0) is 10.0 Å². The number of anilines is 1. The van der Waals surface area contributed by atoms with Crippen LogP contribution < -0.4 is 4.31 Å². The highest BCUT2D eigenvalue weighted by molar-refractivity contribution is 7.94. The monoisotopic (exact) mass is 321 g/mol.